The predicted octanol–water partition coefficient (Wildman–Crippen LogP) is 2.57. The lowest BCUT2D eigenvalue weighted by Crippen LogP contribution is -2.28. The molecular formula is C14H18ClNO2. The summed E-state index contributed by atoms with van der Waals surface area (Å²) < 4.78 is 5.50. The molecule has 1 N–H and O–H groups in total. The summed E-state index contributed by atoms with van der Waals surface area (Å²) in [6.45, 7) is 1.53. The number of hydrogen-bond acceptors (Lipinski definition) is 2. The predicted molar refractivity (Wildman–Crippen MR) is 71.8 cm³/mol. The first-order chi connectivity index (χ1) is 8.75. The maximum Gasteiger partial charge on any atom is 0.224 e. The fourth-order valence-electron chi connectivity index (χ4n) is 2.12. The average molecular weight is 268 g/mol. The molecule has 0 radical (unpaired) electrons. The van der Waals surface area contributed by atoms with Gasteiger partial charge in [0.1, 0.15) is 0 Å². The molecule has 1 heterocycles. The first-order valence-corrected chi connectivity index (χ1v) is 6.75. The number of carbonyl (C=O) groups is 1. The van der Waals surface area contributed by atoms with Crippen molar-refractivity contribution in [1.29, 1.82) is 0 Å². The maximum atomic E-state index is 11.7. The van der Waals surface area contributed by atoms with E-state index in [1.54, 1.807) is 6.07 Å². The zero-order chi connectivity index (χ0) is 12.8. The van der Waals surface area contributed by atoms with E-state index in [2.05, 4.69) is 5.32 Å². The van der Waals surface area contributed by atoms with Gasteiger partial charge < -0.3 is 10.1 Å². The summed E-state index contributed by atoms with van der Waals surface area (Å²) in [5.74, 6) is 0.0149. The molecule has 2 rings (SSSR count). The third kappa shape index (κ3) is 4.00. The van der Waals surface area contributed by atoms with Gasteiger partial charge in [-0.2, -0.15) is 0 Å². The Kier molecular flexibility index (Phi) is 5.02. The molecule has 1 aliphatic rings. The lowest BCUT2D eigenvalue weighted by Gasteiger charge is -2.10. The van der Waals surface area contributed by atoms with Crippen LogP contribution in [0.5, 0.6) is 0 Å². The number of rotatable bonds is 5. The largest absolute Gasteiger partial charge is 0.378 e. The molecule has 0 aromatic heterocycles. The molecule has 1 fully saturated rings. The Balaban J connectivity index is 1.70. The first-order valence-electron chi connectivity index (χ1n) is 6.37. The summed E-state index contributed by atoms with van der Waals surface area (Å²) in [6.07, 6.45) is 3.81. The second-order valence-corrected chi connectivity index (χ2v) is 4.95. The molecule has 1 aromatic rings. The van der Waals surface area contributed by atoms with Crippen molar-refractivity contribution in [3.05, 3.63) is 34.9 Å². The topological polar surface area (TPSA) is 38.3 Å². The molecule has 18 heavy (non-hydrogen) atoms. The van der Waals surface area contributed by atoms with Crippen molar-refractivity contribution in [3.8, 4) is 0 Å². The van der Waals surface area contributed by atoms with Gasteiger partial charge in [-0.15, -0.1) is 0 Å². The minimum atomic E-state index is 0.0149. The van der Waals surface area contributed by atoms with Crippen molar-refractivity contribution in [2.45, 2.75) is 31.8 Å². The molecule has 0 bridgehead atoms. The van der Waals surface area contributed by atoms with Crippen molar-refractivity contribution >= 4 is 17.5 Å². The van der Waals surface area contributed by atoms with Crippen molar-refractivity contribution in [2.24, 2.45) is 0 Å². The molecule has 1 aliphatic heterocycles. The highest BCUT2D eigenvalue weighted by atomic mass is 35.5. The van der Waals surface area contributed by atoms with Crippen LogP contribution < -0.4 is 5.32 Å². The molecule has 0 spiro atoms. The highest BCUT2D eigenvalue weighted by Crippen LogP contribution is 2.16. The summed E-state index contributed by atoms with van der Waals surface area (Å²) in [5.41, 5.74) is 0.869. The molecule has 1 amide bonds. The minimum absolute atomic E-state index is 0.0149. The molecule has 1 saturated heterocycles. The molecule has 0 saturated carbocycles. The van der Waals surface area contributed by atoms with Crippen LogP contribution in [0.25, 0.3) is 0 Å². The molecule has 98 valence electrons. The quantitative estimate of drug-likeness (QED) is 0.890. The van der Waals surface area contributed by atoms with Crippen LogP contribution in [-0.2, 0) is 16.0 Å². The van der Waals surface area contributed by atoms with E-state index < -0.39 is 0 Å². The van der Waals surface area contributed by atoms with Gasteiger partial charge in [-0.25, -0.2) is 0 Å². The number of amides is 1. The Labute approximate surface area is 112 Å². The van der Waals surface area contributed by atoms with E-state index in [9.17, 15) is 4.79 Å². The summed E-state index contributed by atoms with van der Waals surface area (Å²) in [5, 5.41) is 3.55. The van der Waals surface area contributed by atoms with Gasteiger partial charge in [-0.05, 0) is 30.9 Å². The Morgan fingerprint density at radius 1 is 1.44 bits per heavy atom. The van der Waals surface area contributed by atoms with Crippen LogP contribution in [0.2, 0.25) is 5.02 Å². The van der Waals surface area contributed by atoms with Crippen LogP contribution in [0.3, 0.4) is 0 Å². The summed E-state index contributed by atoms with van der Waals surface area (Å²) in [6, 6.07) is 7.43. The van der Waals surface area contributed by atoms with Crippen molar-refractivity contribution in [2.75, 3.05) is 13.2 Å². The first kappa shape index (κ1) is 13.4. The van der Waals surface area contributed by atoms with E-state index in [4.69, 9.17) is 16.3 Å². The highest BCUT2D eigenvalue weighted by molar-refractivity contribution is 6.31. The van der Waals surface area contributed by atoms with Crippen LogP contribution in [0, 0.1) is 0 Å². The lowest BCUT2D eigenvalue weighted by atomic mass is 10.1. The Hall–Kier alpha value is -1.06. The molecular weight excluding hydrogens is 250 g/mol. The number of ether oxygens (including phenoxy) is 1. The average Bonchev–Trinajstić information content (AvgIpc) is 2.85. The van der Waals surface area contributed by atoms with E-state index in [1.165, 1.54) is 0 Å². The fraction of sp³-hybridized carbons (Fsp3) is 0.500. The van der Waals surface area contributed by atoms with E-state index in [0.29, 0.717) is 24.1 Å². The van der Waals surface area contributed by atoms with Gasteiger partial charge >= 0.3 is 0 Å². The van der Waals surface area contributed by atoms with Crippen LogP contribution in [0.1, 0.15) is 24.8 Å². The van der Waals surface area contributed by atoms with Gasteiger partial charge in [0.05, 0.1) is 12.5 Å². The Morgan fingerprint density at radius 3 is 3.00 bits per heavy atom. The van der Waals surface area contributed by atoms with E-state index in [0.717, 1.165) is 31.4 Å². The number of carbonyl (C=O) groups excluding carboxylic acids is 1. The molecule has 4 heteroatoms. The number of benzene rings is 1. The minimum Gasteiger partial charge on any atom is -0.378 e. The third-order valence-electron chi connectivity index (χ3n) is 3.12. The molecule has 1 atom stereocenters. The van der Waals surface area contributed by atoms with Crippen LogP contribution >= 0.6 is 11.6 Å². The van der Waals surface area contributed by atoms with Gasteiger partial charge in [-0.3, -0.25) is 4.79 Å². The van der Waals surface area contributed by atoms with Gasteiger partial charge in [0, 0.05) is 18.2 Å². The zero-order valence-corrected chi connectivity index (χ0v) is 11.1. The zero-order valence-electron chi connectivity index (χ0n) is 10.3. The van der Waals surface area contributed by atoms with Crippen molar-refractivity contribution in [1.82, 2.24) is 5.32 Å². The molecule has 1 aromatic carbocycles. The standard InChI is InChI=1S/C14H18ClNO2/c15-13-6-2-1-4-11(13)10-14(17)16-8-7-12-5-3-9-18-12/h1-2,4,6,12H,3,5,7-10H2,(H,16,17). The molecule has 1 unspecified atom stereocenters. The maximum absolute atomic E-state index is 11.7. The summed E-state index contributed by atoms with van der Waals surface area (Å²) >= 11 is 6.01. The van der Waals surface area contributed by atoms with Gasteiger partial charge in [0.25, 0.3) is 0 Å². The second kappa shape index (κ2) is 6.76. The Morgan fingerprint density at radius 2 is 2.28 bits per heavy atom. The third-order valence-corrected chi connectivity index (χ3v) is 3.49. The van der Waals surface area contributed by atoms with Crippen molar-refractivity contribution in [3.63, 3.8) is 0 Å². The van der Waals surface area contributed by atoms with Gasteiger partial charge in [-0.1, -0.05) is 29.8 Å². The summed E-state index contributed by atoms with van der Waals surface area (Å²) in [7, 11) is 0. The molecule has 0 aliphatic carbocycles. The van der Waals surface area contributed by atoms with Crippen LogP contribution in [0.15, 0.2) is 24.3 Å². The van der Waals surface area contributed by atoms with E-state index >= 15 is 0 Å². The van der Waals surface area contributed by atoms with Gasteiger partial charge in [0.2, 0.25) is 5.91 Å². The normalized spacial score (nSPS) is 18.8. The van der Waals surface area contributed by atoms with E-state index in [-0.39, 0.29) is 5.91 Å². The molecule has 3 nitrogen and oxygen atoms in total. The lowest BCUT2D eigenvalue weighted by molar-refractivity contribution is -0.120. The number of hydrogen-bond donors (Lipinski definition) is 1. The van der Waals surface area contributed by atoms with E-state index in [1.807, 2.05) is 18.2 Å². The fourth-order valence-corrected chi connectivity index (χ4v) is 2.32. The second-order valence-electron chi connectivity index (χ2n) is 4.54. The summed E-state index contributed by atoms with van der Waals surface area (Å²) in [4.78, 5) is 11.7. The SMILES string of the molecule is O=C(Cc1ccccc1Cl)NCCC1CCCO1. The monoisotopic (exact) mass is 267 g/mol. The van der Waals surface area contributed by atoms with Crippen LogP contribution in [-0.4, -0.2) is 25.2 Å². The number of halogens is 1. The van der Waals surface area contributed by atoms with Crippen LogP contribution in [0.4, 0.5) is 0 Å². The van der Waals surface area contributed by atoms with Crippen molar-refractivity contribution < 1.29 is 9.53 Å². The smallest absolute Gasteiger partial charge is 0.224 e. The highest BCUT2D eigenvalue weighted by Gasteiger charge is 2.15. The number of nitrogens with one attached hydrogen (secondary N) is 1. The Bertz CT molecular complexity index is 403. The van der Waals surface area contributed by atoms with Gasteiger partial charge in [0.15, 0.2) is 0 Å².